The van der Waals surface area contributed by atoms with Crippen molar-refractivity contribution in [2.75, 3.05) is 26.2 Å². The molecule has 3 nitrogen and oxygen atoms in total. The first-order chi connectivity index (χ1) is 9.75. The molecule has 110 valence electrons. The third-order valence-electron chi connectivity index (χ3n) is 4.89. The maximum Gasteiger partial charge on any atom is 0.120 e. The Hall–Kier alpha value is -1.06. The molecule has 0 unspecified atom stereocenters. The summed E-state index contributed by atoms with van der Waals surface area (Å²) in [6.07, 6.45) is 5.31. The molecule has 1 aliphatic heterocycles. The van der Waals surface area contributed by atoms with E-state index in [4.69, 9.17) is 0 Å². The number of hydrogen-bond donors (Lipinski definition) is 2. The van der Waals surface area contributed by atoms with Crippen LogP contribution in [0.15, 0.2) is 18.2 Å². The van der Waals surface area contributed by atoms with Crippen LogP contribution in [0.25, 0.3) is 0 Å². The van der Waals surface area contributed by atoms with Crippen LogP contribution < -0.4 is 5.32 Å². The molecule has 1 aromatic rings. The maximum atomic E-state index is 10.4. The minimum Gasteiger partial charge on any atom is -0.508 e. The fourth-order valence-corrected chi connectivity index (χ4v) is 3.89. The van der Waals surface area contributed by atoms with Crippen LogP contribution in [0.2, 0.25) is 0 Å². The second-order valence-corrected chi connectivity index (χ2v) is 6.34. The summed E-state index contributed by atoms with van der Waals surface area (Å²) in [6, 6.07) is 6.47. The van der Waals surface area contributed by atoms with Gasteiger partial charge in [-0.15, -0.1) is 0 Å². The van der Waals surface area contributed by atoms with Gasteiger partial charge in [0.2, 0.25) is 0 Å². The average molecular weight is 274 g/mol. The van der Waals surface area contributed by atoms with E-state index in [0.717, 1.165) is 31.7 Å². The molecular formula is C17H26N2O. The number of rotatable bonds is 3. The van der Waals surface area contributed by atoms with Crippen molar-refractivity contribution in [3.8, 4) is 5.75 Å². The van der Waals surface area contributed by atoms with E-state index in [-0.39, 0.29) is 0 Å². The zero-order chi connectivity index (χ0) is 13.9. The molecule has 1 atom stereocenters. The molecule has 1 aromatic carbocycles. The van der Waals surface area contributed by atoms with Gasteiger partial charge >= 0.3 is 0 Å². The molecule has 1 heterocycles. The van der Waals surface area contributed by atoms with E-state index in [1.807, 2.05) is 12.1 Å². The van der Waals surface area contributed by atoms with Crippen LogP contribution in [0.3, 0.4) is 0 Å². The highest BCUT2D eigenvalue weighted by molar-refractivity contribution is 5.38. The van der Waals surface area contributed by atoms with E-state index in [1.165, 1.54) is 31.2 Å². The van der Waals surface area contributed by atoms with Crippen LogP contribution in [0.1, 0.15) is 42.9 Å². The zero-order valence-electron chi connectivity index (χ0n) is 12.4. The average Bonchev–Trinajstić information content (AvgIpc) is 2.98. The lowest BCUT2D eigenvalue weighted by Gasteiger charge is -2.39. The number of phenolic OH excluding ortho intramolecular Hbond substituents is 1. The third kappa shape index (κ3) is 2.84. The summed E-state index contributed by atoms with van der Waals surface area (Å²) >= 11 is 0. The highest BCUT2D eigenvalue weighted by atomic mass is 16.3. The van der Waals surface area contributed by atoms with Gasteiger partial charge in [0.25, 0.3) is 0 Å². The van der Waals surface area contributed by atoms with Crippen LogP contribution in [0, 0.1) is 12.8 Å². The summed E-state index contributed by atoms with van der Waals surface area (Å²) in [6.45, 7) is 6.43. The number of nitrogens with one attached hydrogen (secondary N) is 1. The Morgan fingerprint density at radius 3 is 2.60 bits per heavy atom. The van der Waals surface area contributed by atoms with Crippen molar-refractivity contribution in [3.05, 3.63) is 29.3 Å². The molecule has 2 aliphatic rings. The molecule has 3 rings (SSSR count). The molecule has 0 amide bonds. The summed E-state index contributed by atoms with van der Waals surface area (Å²) in [4.78, 5) is 2.58. The lowest BCUT2D eigenvalue weighted by atomic mass is 9.88. The molecule has 0 spiro atoms. The van der Waals surface area contributed by atoms with E-state index in [2.05, 4.69) is 23.2 Å². The molecule has 1 saturated heterocycles. The fraction of sp³-hybridized carbons (Fsp3) is 0.647. The number of benzene rings is 1. The maximum absolute atomic E-state index is 10.4. The molecule has 20 heavy (non-hydrogen) atoms. The quantitative estimate of drug-likeness (QED) is 0.889. The van der Waals surface area contributed by atoms with Gasteiger partial charge in [-0.05, 0) is 31.7 Å². The van der Waals surface area contributed by atoms with Gasteiger partial charge in [-0.25, -0.2) is 0 Å². The van der Waals surface area contributed by atoms with Crippen molar-refractivity contribution in [2.45, 2.75) is 38.6 Å². The Kier molecular flexibility index (Phi) is 4.27. The summed E-state index contributed by atoms with van der Waals surface area (Å²) < 4.78 is 0. The Labute approximate surface area is 122 Å². The SMILES string of the molecule is Cc1ccc(O)c([C@@H](C2CCCC2)N2CCNCC2)c1. The van der Waals surface area contributed by atoms with Crippen LogP contribution in [0.5, 0.6) is 5.75 Å². The van der Waals surface area contributed by atoms with Gasteiger partial charge in [0, 0.05) is 37.8 Å². The Morgan fingerprint density at radius 2 is 1.90 bits per heavy atom. The van der Waals surface area contributed by atoms with E-state index in [0.29, 0.717) is 17.7 Å². The minimum absolute atomic E-state index is 0.402. The second kappa shape index (κ2) is 6.15. The third-order valence-corrected chi connectivity index (χ3v) is 4.89. The molecular weight excluding hydrogens is 248 g/mol. The van der Waals surface area contributed by atoms with Crippen LogP contribution in [-0.2, 0) is 0 Å². The Balaban J connectivity index is 1.92. The van der Waals surface area contributed by atoms with Crippen LogP contribution >= 0.6 is 0 Å². The fourth-order valence-electron chi connectivity index (χ4n) is 3.89. The van der Waals surface area contributed by atoms with Gasteiger partial charge < -0.3 is 10.4 Å². The lowest BCUT2D eigenvalue weighted by molar-refractivity contribution is 0.123. The predicted molar refractivity (Wildman–Crippen MR) is 82.0 cm³/mol. The summed E-state index contributed by atoms with van der Waals surface area (Å²) in [5, 5.41) is 13.8. The second-order valence-electron chi connectivity index (χ2n) is 6.34. The van der Waals surface area contributed by atoms with Crippen molar-refractivity contribution >= 4 is 0 Å². The van der Waals surface area contributed by atoms with E-state index in [1.54, 1.807) is 0 Å². The molecule has 0 bridgehead atoms. The number of hydrogen-bond acceptors (Lipinski definition) is 3. The molecule has 2 fully saturated rings. The number of phenols is 1. The largest absolute Gasteiger partial charge is 0.508 e. The smallest absolute Gasteiger partial charge is 0.120 e. The number of aryl methyl sites for hydroxylation is 1. The summed E-state index contributed by atoms with van der Waals surface area (Å²) in [7, 11) is 0. The lowest BCUT2D eigenvalue weighted by Crippen LogP contribution is -2.46. The topological polar surface area (TPSA) is 35.5 Å². The normalized spacial score (nSPS) is 23.1. The van der Waals surface area contributed by atoms with Crippen molar-refractivity contribution in [3.63, 3.8) is 0 Å². The standard InChI is InChI=1S/C17H26N2O/c1-13-6-7-16(20)15(12-13)17(14-4-2-3-5-14)19-10-8-18-9-11-19/h6-7,12,14,17-18,20H,2-5,8-11H2,1H3/t17-/m1/s1. The first-order valence-electron chi connectivity index (χ1n) is 8.00. The summed E-state index contributed by atoms with van der Waals surface area (Å²) in [5.74, 6) is 1.19. The molecule has 1 aliphatic carbocycles. The van der Waals surface area contributed by atoms with E-state index in [9.17, 15) is 5.11 Å². The van der Waals surface area contributed by atoms with Crippen molar-refractivity contribution < 1.29 is 5.11 Å². The van der Waals surface area contributed by atoms with Gasteiger partial charge in [-0.1, -0.05) is 30.5 Å². The molecule has 2 N–H and O–H groups in total. The van der Waals surface area contributed by atoms with Crippen molar-refractivity contribution in [1.82, 2.24) is 10.2 Å². The number of piperazine rings is 1. The van der Waals surface area contributed by atoms with Gasteiger partial charge in [0.1, 0.15) is 5.75 Å². The molecule has 0 radical (unpaired) electrons. The van der Waals surface area contributed by atoms with Crippen molar-refractivity contribution in [1.29, 1.82) is 0 Å². The first-order valence-corrected chi connectivity index (χ1v) is 8.00. The van der Waals surface area contributed by atoms with E-state index < -0.39 is 0 Å². The van der Waals surface area contributed by atoms with Gasteiger partial charge in [-0.3, -0.25) is 4.90 Å². The summed E-state index contributed by atoms with van der Waals surface area (Å²) in [5.41, 5.74) is 2.40. The number of aromatic hydroxyl groups is 1. The van der Waals surface area contributed by atoms with Gasteiger partial charge in [0.05, 0.1) is 0 Å². The zero-order valence-corrected chi connectivity index (χ0v) is 12.4. The minimum atomic E-state index is 0.402. The molecule has 0 aromatic heterocycles. The van der Waals surface area contributed by atoms with Gasteiger partial charge in [0.15, 0.2) is 0 Å². The van der Waals surface area contributed by atoms with Gasteiger partial charge in [-0.2, -0.15) is 0 Å². The van der Waals surface area contributed by atoms with Crippen molar-refractivity contribution in [2.24, 2.45) is 5.92 Å². The first kappa shape index (κ1) is 13.9. The highest BCUT2D eigenvalue weighted by Crippen LogP contribution is 2.42. The molecule has 1 saturated carbocycles. The highest BCUT2D eigenvalue weighted by Gasteiger charge is 2.33. The Bertz CT molecular complexity index is 448. The Morgan fingerprint density at radius 1 is 1.20 bits per heavy atom. The van der Waals surface area contributed by atoms with Crippen LogP contribution in [0.4, 0.5) is 0 Å². The number of nitrogens with zero attached hydrogens (tertiary/aromatic N) is 1. The molecule has 3 heteroatoms. The van der Waals surface area contributed by atoms with E-state index >= 15 is 0 Å². The van der Waals surface area contributed by atoms with Crippen LogP contribution in [-0.4, -0.2) is 36.2 Å². The predicted octanol–water partition coefficient (Wildman–Crippen LogP) is 2.84. The monoisotopic (exact) mass is 274 g/mol.